The summed E-state index contributed by atoms with van der Waals surface area (Å²) >= 11 is 0. The van der Waals surface area contributed by atoms with E-state index in [0.717, 1.165) is 47.1 Å². The molecule has 3 N–H and O–H groups in total. The summed E-state index contributed by atoms with van der Waals surface area (Å²) in [6.07, 6.45) is 9.39. The van der Waals surface area contributed by atoms with E-state index in [4.69, 9.17) is 5.73 Å². The third-order valence-electron chi connectivity index (χ3n) is 6.84. The van der Waals surface area contributed by atoms with Gasteiger partial charge in [-0.2, -0.15) is 0 Å². The molecule has 1 atom stereocenters. The maximum absolute atomic E-state index is 14.8. The largest absolute Gasteiger partial charge is 0.352 e. The number of nitrogens with zero attached hydrogens (tertiary/aromatic N) is 5. The van der Waals surface area contributed by atoms with Crippen LogP contribution in [0.2, 0.25) is 0 Å². The zero-order chi connectivity index (χ0) is 25.4. The van der Waals surface area contributed by atoms with E-state index >= 15 is 0 Å². The van der Waals surface area contributed by atoms with Gasteiger partial charge in [-0.15, -0.1) is 15.6 Å². The summed E-state index contributed by atoms with van der Waals surface area (Å²) in [6.45, 7) is 1.10. The van der Waals surface area contributed by atoms with Gasteiger partial charge in [0.05, 0.1) is 18.9 Å². The molecule has 1 aliphatic heterocycles. The molecule has 2 aromatic carbocycles. The topological polar surface area (TPSA) is 94.5 Å². The molecular weight excluding hydrogens is 492 g/mol. The Kier molecular flexibility index (Phi) is 6.13. The van der Waals surface area contributed by atoms with Crippen molar-refractivity contribution in [2.24, 2.45) is 5.73 Å². The summed E-state index contributed by atoms with van der Waals surface area (Å²) in [5, 5.41) is 15.1. The summed E-state index contributed by atoms with van der Waals surface area (Å²) in [5.74, 6) is -0.411. The van der Waals surface area contributed by atoms with Gasteiger partial charge in [-0.25, -0.2) is 18.7 Å². The predicted molar refractivity (Wildman–Crippen MR) is 142 cm³/mol. The number of nitrogens with two attached hydrogens (primary N) is 1. The summed E-state index contributed by atoms with van der Waals surface area (Å²) in [7, 11) is -0.706. The van der Waals surface area contributed by atoms with Crippen LogP contribution < -0.4 is 11.1 Å². The van der Waals surface area contributed by atoms with Crippen molar-refractivity contribution in [1.29, 1.82) is 0 Å². The standard InChI is InChI=1S/C27H25F2N7S/c28-21-4-5-23(27(30)7-1-8-27)22(15-21)19-3-2-18-6-13-37(17-20(18)14-19)25-24(29)16-32-26(34-25)31-9-11-36-12-10-33-35-36/h2-6,10,12-17H,1,7-9,11,30H2,(H,31,32,34). The van der Waals surface area contributed by atoms with Crippen LogP contribution in [0.5, 0.6) is 0 Å². The number of halogens is 2. The molecule has 1 saturated carbocycles. The van der Waals surface area contributed by atoms with Crippen molar-refractivity contribution in [2.45, 2.75) is 36.4 Å². The number of anilines is 1. The Bertz CT molecular complexity index is 1530. The van der Waals surface area contributed by atoms with Crippen LogP contribution in [0, 0.1) is 11.6 Å². The van der Waals surface area contributed by atoms with Crippen LogP contribution in [-0.4, -0.2) is 36.9 Å². The zero-order valence-corrected chi connectivity index (χ0v) is 20.8. The molecule has 2 aromatic heterocycles. The van der Waals surface area contributed by atoms with Gasteiger partial charge in [0.25, 0.3) is 0 Å². The van der Waals surface area contributed by atoms with Gasteiger partial charge in [-0.1, -0.05) is 23.4 Å². The van der Waals surface area contributed by atoms with Gasteiger partial charge in [0, 0.05) is 18.3 Å². The van der Waals surface area contributed by atoms with Crippen molar-refractivity contribution < 1.29 is 8.78 Å². The van der Waals surface area contributed by atoms with Gasteiger partial charge < -0.3 is 11.1 Å². The quantitative estimate of drug-likeness (QED) is 0.267. The van der Waals surface area contributed by atoms with Crippen molar-refractivity contribution >= 4 is 27.9 Å². The van der Waals surface area contributed by atoms with Crippen molar-refractivity contribution in [2.75, 3.05) is 11.9 Å². The van der Waals surface area contributed by atoms with Gasteiger partial charge >= 0.3 is 0 Å². The molecule has 7 nitrogen and oxygen atoms in total. The number of rotatable bonds is 7. The number of hydrogen-bond donors (Lipinski definition) is 2. The lowest BCUT2D eigenvalue weighted by Crippen LogP contribution is -2.43. The Morgan fingerprint density at radius 3 is 2.78 bits per heavy atom. The van der Waals surface area contributed by atoms with Crippen molar-refractivity contribution in [3.05, 3.63) is 88.7 Å². The Morgan fingerprint density at radius 2 is 2.00 bits per heavy atom. The summed E-state index contributed by atoms with van der Waals surface area (Å²) in [6, 6.07) is 10.9. The first-order valence-electron chi connectivity index (χ1n) is 12.1. The monoisotopic (exact) mass is 517 g/mol. The highest BCUT2D eigenvalue weighted by atomic mass is 32.2. The van der Waals surface area contributed by atoms with E-state index in [0.29, 0.717) is 24.1 Å². The third kappa shape index (κ3) is 4.70. The molecule has 0 amide bonds. The van der Waals surface area contributed by atoms with Crippen LogP contribution in [-0.2, 0) is 12.1 Å². The van der Waals surface area contributed by atoms with Gasteiger partial charge in [-0.05, 0) is 82.1 Å². The number of fused-ring (bicyclic) bond motifs is 1. The van der Waals surface area contributed by atoms with Crippen molar-refractivity contribution in [1.82, 2.24) is 25.0 Å². The minimum absolute atomic E-state index is 0.296. The van der Waals surface area contributed by atoms with Gasteiger partial charge in [-0.3, -0.25) is 4.68 Å². The molecule has 2 aliphatic rings. The van der Waals surface area contributed by atoms with Crippen LogP contribution in [0.1, 0.15) is 36.0 Å². The number of aromatic nitrogens is 5. The molecule has 0 radical (unpaired) electrons. The average Bonchev–Trinajstić information content (AvgIpc) is 3.41. The lowest BCUT2D eigenvalue weighted by atomic mass is 9.70. The number of benzene rings is 2. The molecule has 1 unspecified atom stereocenters. The second kappa shape index (κ2) is 9.60. The fourth-order valence-corrected chi connectivity index (χ4v) is 6.25. The first kappa shape index (κ1) is 23.6. The van der Waals surface area contributed by atoms with Crippen molar-refractivity contribution in [3.8, 4) is 11.1 Å². The molecule has 1 aliphatic carbocycles. The summed E-state index contributed by atoms with van der Waals surface area (Å²) < 4.78 is 30.8. The molecule has 37 heavy (non-hydrogen) atoms. The SMILES string of the molecule is NC1(c2ccc(F)cc2-c2ccc3c(c2)C=S(c2nc(NCCn4ccnn4)ncc2F)C=C3)CCC1. The maximum Gasteiger partial charge on any atom is 0.223 e. The minimum atomic E-state index is -0.706. The normalized spacial score (nSPS) is 17.5. The molecule has 0 bridgehead atoms. The molecule has 188 valence electrons. The van der Waals surface area contributed by atoms with E-state index in [-0.39, 0.29) is 5.82 Å². The summed E-state index contributed by atoms with van der Waals surface area (Å²) in [5.41, 5.74) is 10.8. The molecule has 3 heterocycles. The van der Waals surface area contributed by atoms with Gasteiger partial charge in [0.1, 0.15) is 10.8 Å². The molecule has 6 rings (SSSR count). The molecule has 4 aromatic rings. The van der Waals surface area contributed by atoms with Gasteiger partial charge in [0.2, 0.25) is 5.95 Å². The molecule has 10 heteroatoms. The fraction of sp³-hybridized carbons (Fsp3) is 0.222. The minimum Gasteiger partial charge on any atom is -0.352 e. The van der Waals surface area contributed by atoms with Crippen LogP contribution in [0.25, 0.3) is 17.2 Å². The van der Waals surface area contributed by atoms with E-state index in [1.54, 1.807) is 23.1 Å². The predicted octanol–water partition coefficient (Wildman–Crippen LogP) is 4.93. The van der Waals surface area contributed by atoms with E-state index in [1.807, 2.05) is 41.1 Å². The highest BCUT2D eigenvalue weighted by Crippen LogP contribution is 2.44. The first-order chi connectivity index (χ1) is 18.0. The Morgan fingerprint density at radius 1 is 1.11 bits per heavy atom. The molecule has 1 fully saturated rings. The van der Waals surface area contributed by atoms with E-state index < -0.39 is 21.8 Å². The Balaban J connectivity index is 1.30. The average molecular weight is 518 g/mol. The molecule has 0 saturated heterocycles. The fourth-order valence-electron chi connectivity index (χ4n) is 4.69. The van der Waals surface area contributed by atoms with Crippen LogP contribution in [0.15, 0.2) is 65.4 Å². The number of nitrogens with one attached hydrogen (secondary N) is 1. The Hall–Kier alpha value is -3.76. The van der Waals surface area contributed by atoms with Crippen molar-refractivity contribution in [3.63, 3.8) is 0 Å². The van der Waals surface area contributed by atoms with E-state index in [1.165, 1.54) is 12.3 Å². The second-order valence-corrected chi connectivity index (χ2v) is 10.9. The van der Waals surface area contributed by atoms with Crippen LogP contribution in [0.4, 0.5) is 14.7 Å². The lowest BCUT2D eigenvalue weighted by molar-refractivity contribution is 0.254. The van der Waals surface area contributed by atoms with Crippen LogP contribution >= 0.6 is 10.5 Å². The summed E-state index contributed by atoms with van der Waals surface area (Å²) in [4.78, 5) is 8.55. The smallest absolute Gasteiger partial charge is 0.223 e. The Labute approximate surface area is 215 Å². The lowest BCUT2D eigenvalue weighted by Gasteiger charge is -2.40. The van der Waals surface area contributed by atoms with Crippen LogP contribution in [0.3, 0.4) is 0 Å². The zero-order valence-electron chi connectivity index (χ0n) is 19.9. The highest BCUT2D eigenvalue weighted by Gasteiger charge is 2.36. The van der Waals surface area contributed by atoms with E-state index in [9.17, 15) is 8.78 Å². The van der Waals surface area contributed by atoms with E-state index in [2.05, 4.69) is 25.6 Å². The number of hydrogen-bond acceptors (Lipinski definition) is 6. The van der Waals surface area contributed by atoms with Gasteiger partial charge in [0.15, 0.2) is 5.82 Å². The second-order valence-electron chi connectivity index (χ2n) is 9.28. The molecule has 0 spiro atoms. The first-order valence-corrected chi connectivity index (χ1v) is 13.4. The maximum atomic E-state index is 14.8. The molecular formula is C27H25F2N7S. The highest BCUT2D eigenvalue weighted by molar-refractivity contribution is 8.17. The third-order valence-corrected chi connectivity index (χ3v) is 8.51.